The molecule has 3 rings (SSSR count). The molecule has 2 aromatic rings. The molecule has 0 fully saturated rings. The van der Waals surface area contributed by atoms with Gasteiger partial charge < -0.3 is 14.8 Å². The summed E-state index contributed by atoms with van der Waals surface area (Å²) in [4.78, 5) is 51.8. The van der Waals surface area contributed by atoms with E-state index in [0.29, 0.717) is 10.4 Å². The molecule has 1 aliphatic heterocycles. The molecule has 1 N–H and O–H groups in total. The van der Waals surface area contributed by atoms with Gasteiger partial charge in [0.1, 0.15) is 6.04 Å². The van der Waals surface area contributed by atoms with Crippen molar-refractivity contribution in [1.29, 1.82) is 0 Å². The molecule has 1 heterocycles. The van der Waals surface area contributed by atoms with Gasteiger partial charge in [-0.15, -0.1) is 5.43 Å². The molecule has 144 valence electrons. The zero-order chi connectivity index (χ0) is 20.3. The molecular weight excluding hydrogens is 362 g/mol. The Morgan fingerprint density at radius 3 is 2.54 bits per heavy atom. The quantitative estimate of drug-likeness (QED) is 0.621. The number of amides is 1. The first-order chi connectivity index (χ1) is 13.4. The number of carbonyl (C=O) groups is 3. The molecule has 1 amide bonds. The van der Waals surface area contributed by atoms with Gasteiger partial charge in [0.25, 0.3) is 11.6 Å². The fraction of sp³-hybridized carbons (Fsp3) is 0.250. The summed E-state index contributed by atoms with van der Waals surface area (Å²) in [5, 5.41) is 11.9. The Bertz CT molecular complexity index is 928. The molecule has 0 aromatic heterocycles. The van der Waals surface area contributed by atoms with Crippen molar-refractivity contribution < 1.29 is 24.4 Å². The highest BCUT2D eigenvalue weighted by atomic mass is 16.4. The van der Waals surface area contributed by atoms with Gasteiger partial charge >= 0.3 is 0 Å². The molecule has 0 aliphatic carbocycles. The summed E-state index contributed by atoms with van der Waals surface area (Å²) in [5.74, 6) is -4.45. The Hall–Kier alpha value is -3.55. The minimum Gasteiger partial charge on any atom is -0.549 e. The van der Waals surface area contributed by atoms with Gasteiger partial charge in [0, 0.05) is 24.2 Å². The van der Waals surface area contributed by atoms with Crippen molar-refractivity contribution in [3.63, 3.8) is 0 Å². The lowest BCUT2D eigenvalue weighted by Gasteiger charge is -2.27. The van der Waals surface area contributed by atoms with Crippen LogP contribution in [-0.4, -0.2) is 40.5 Å². The lowest BCUT2D eigenvalue weighted by Crippen LogP contribution is -2.49. The first kappa shape index (κ1) is 19.2. The number of rotatable bonds is 3. The number of carboxylic acid groups (broad SMARTS) is 1. The molecule has 2 atom stereocenters. The summed E-state index contributed by atoms with van der Waals surface area (Å²) in [6.07, 6.45) is 0. The van der Waals surface area contributed by atoms with Crippen LogP contribution in [0.25, 0.3) is 0 Å². The second-order valence-electron chi connectivity index (χ2n) is 6.44. The van der Waals surface area contributed by atoms with E-state index in [1.54, 1.807) is 43.3 Å². The van der Waals surface area contributed by atoms with Gasteiger partial charge in [0.2, 0.25) is 0 Å². The van der Waals surface area contributed by atoms with Gasteiger partial charge in [-0.25, -0.2) is 0 Å². The third-order valence-electron chi connectivity index (χ3n) is 4.69. The van der Waals surface area contributed by atoms with Crippen LogP contribution in [0.5, 0.6) is 0 Å². The molecule has 2 unspecified atom stereocenters. The molecule has 8 heteroatoms. The molecule has 2 bridgehead atoms. The van der Waals surface area contributed by atoms with E-state index in [-0.39, 0.29) is 17.8 Å². The highest BCUT2D eigenvalue weighted by Crippen LogP contribution is 2.26. The van der Waals surface area contributed by atoms with E-state index >= 15 is 0 Å². The molecule has 0 saturated carbocycles. The van der Waals surface area contributed by atoms with Crippen molar-refractivity contribution in [3.8, 4) is 0 Å². The number of carbonyl (C=O) groups excluding carboxylic acids is 3. The average molecular weight is 381 g/mol. The topological polar surface area (TPSA) is 110 Å². The summed E-state index contributed by atoms with van der Waals surface area (Å²) in [6, 6.07) is 13.1. The Kier molecular flexibility index (Phi) is 5.49. The maximum Gasteiger partial charge on any atom is 0.292 e. The van der Waals surface area contributed by atoms with Gasteiger partial charge in [-0.1, -0.05) is 36.4 Å². The van der Waals surface area contributed by atoms with E-state index in [2.05, 4.69) is 5.43 Å². The van der Waals surface area contributed by atoms with Crippen LogP contribution in [0.4, 0.5) is 5.69 Å². The maximum atomic E-state index is 12.9. The van der Waals surface area contributed by atoms with E-state index < -0.39 is 36.2 Å². The Balaban J connectivity index is 2.14. The summed E-state index contributed by atoms with van der Waals surface area (Å²) < 4.78 is 0. The SMILES string of the molecule is CCN1CC(=O)C(C(=O)[O-])C(c2ccccc2)N[N+](=O)c2cccc(c2)C1=O. The number of likely N-dealkylation sites (N-methyl/N-ethyl adjacent to an activating group) is 1. The predicted molar refractivity (Wildman–Crippen MR) is 97.1 cm³/mol. The minimum absolute atomic E-state index is 0.120. The fourth-order valence-corrected chi connectivity index (χ4v) is 3.22. The molecule has 28 heavy (non-hydrogen) atoms. The number of nitroso groups, excluding NO2 is 1. The van der Waals surface area contributed by atoms with E-state index in [4.69, 9.17) is 0 Å². The van der Waals surface area contributed by atoms with Crippen molar-refractivity contribution in [2.75, 3.05) is 13.1 Å². The van der Waals surface area contributed by atoms with Gasteiger partial charge in [0.15, 0.2) is 10.7 Å². The molecule has 0 spiro atoms. The highest BCUT2D eigenvalue weighted by Gasteiger charge is 2.37. The summed E-state index contributed by atoms with van der Waals surface area (Å²) in [7, 11) is 0. The average Bonchev–Trinajstić information content (AvgIpc) is 2.71. The second kappa shape index (κ2) is 7.99. The summed E-state index contributed by atoms with van der Waals surface area (Å²) in [5.41, 5.74) is 3.35. The third kappa shape index (κ3) is 3.75. The molecule has 8 nitrogen and oxygen atoms in total. The predicted octanol–water partition coefficient (Wildman–Crippen LogP) is 0.754. The van der Waals surface area contributed by atoms with Crippen LogP contribution >= 0.6 is 0 Å². The fourth-order valence-electron chi connectivity index (χ4n) is 3.22. The maximum absolute atomic E-state index is 12.9. The Morgan fingerprint density at radius 1 is 1.18 bits per heavy atom. The van der Waals surface area contributed by atoms with Crippen molar-refractivity contribution in [1.82, 2.24) is 10.3 Å². The third-order valence-corrected chi connectivity index (χ3v) is 4.69. The van der Waals surface area contributed by atoms with Gasteiger partial charge in [-0.3, -0.25) is 9.59 Å². The molecule has 2 aromatic carbocycles. The van der Waals surface area contributed by atoms with E-state index in [1.807, 2.05) is 0 Å². The summed E-state index contributed by atoms with van der Waals surface area (Å²) in [6.45, 7) is 1.50. The lowest BCUT2D eigenvalue weighted by molar-refractivity contribution is -0.538. The van der Waals surface area contributed by atoms with Crippen LogP contribution in [0.15, 0.2) is 54.6 Å². The Morgan fingerprint density at radius 2 is 1.89 bits per heavy atom. The van der Waals surface area contributed by atoms with Crippen LogP contribution in [0.1, 0.15) is 28.9 Å². The number of benzene rings is 2. The van der Waals surface area contributed by atoms with Crippen LogP contribution < -0.4 is 10.5 Å². The van der Waals surface area contributed by atoms with Crippen LogP contribution in [-0.2, 0) is 9.59 Å². The monoisotopic (exact) mass is 381 g/mol. The van der Waals surface area contributed by atoms with Gasteiger partial charge in [0.05, 0.1) is 23.3 Å². The number of hydrogen-bond acceptors (Lipinski definition) is 5. The Labute approximate surface area is 161 Å². The highest BCUT2D eigenvalue weighted by molar-refractivity contribution is 6.02. The lowest BCUT2D eigenvalue weighted by atomic mass is 9.89. The van der Waals surface area contributed by atoms with E-state index in [1.165, 1.54) is 23.1 Å². The number of hydrogen-bond donors (Lipinski definition) is 1. The van der Waals surface area contributed by atoms with Crippen LogP contribution in [0, 0.1) is 10.8 Å². The number of aliphatic carboxylic acids is 1. The van der Waals surface area contributed by atoms with Gasteiger partial charge in [-0.2, -0.15) is 0 Å². The molecule has 1 aliphatic rings. The standard InChI is InChI=1S/C20H19N3O5/c1-2-22-12-16(24)17(20(26)27)18(13-7-4-3-5-8-13)21-23(28)15-10-6-9-14(11-15)19(22)25/h3-11,17-18H,2,12H2,1H3,(H-,21,26,27,28). The van der Waals surface area contributed by atoms with Crippen molar-refractivity contribution in [2.45, 2.75) is 13.0 Å². The smallest absolute Gasteiger partial charge is 0.292 e. The largest absolute Gasteiger partial charge is 0.549 e. The number of Topliss-reactive ketones (excluding diaryl/α,β-unsaturated/α-hetero) is 1. The number of ketones is 1. The normalized spacial score (nSPS) is 20.3. The first-order valence-electron chi connectivity index (χ1n) is 8.83. The number of carboxylic acids is 1. The van der Waals surface area contributed by atoms with Crippen LogP contribution in [0.2, 0.25) is 0 Å². The molecule has 0 saturated heterocycles. The molecular formula is C20H19N3O5. The summed E-state index contributed by atoms with van der Waals surface area (Å²) >= 11 is 0. The minimum atomic E-state index is -1.66. The van der Waals surface area contributed by atoms with E-state index in [0.717, 1.165) is 0 Å². The first-order valence-corrected chi connectivity index (χ1v) is 8.83. The van der Waals surface area contributed by atoms with Crippen LogP contribution in [0.3, 0.4) is 0 Å². The second-order valence-corrected chi connectivity index (χ2v) is 6.44. The number of fused-ring (bicyclic) bond motifs is 2. The zero-order valence-corrected chi connectivity index (χ0v) is 15.2. The van der Waals surface area contributed by atoms with Crippen molar-refractivity contribution in [2.24, 2.45) is 5.92 Å². The number of hydrazine groups is 1. The van der Waals surface area contributed by atoms with E-state index in [9.17, 15) is 24.4 Å². The number of nitrogens with zero attached hydrogens (tertiary/aromatic N) is 2. The van der Waals surface area contributed by atoms with Crippen molar-refractivity contribution in [3.05, 3.63) is 70.6 Å². The zero-order valence-electron chi connectivity index (χ0n) is 15.2. The number of nitrogens with one attached hydrogen (secondary N) is 1. The molecule has 0 radical (unpaired) electrons. The van der Waals surface area contributed by atoms with Gasteiger partial charge in [-0.05, 0) is 18.6 Å². The van der Waals surface area contributed by atoms with Crippen molar-refractivity contribution >= 4 is 23.3 Å².